The Morgan fingerprint density at radius 2 is 0.600 bits per heavy atom. The van der Waals surface area contributed by atoms with Crippen LogP contribution in [0.2, 0.25) is 0 Å². The smallest absolute Gasteiger partial charge is 0.306 e. The molecule has 6 nitrogen and oxygen atoms in total. The number of carbonyl (C=O) groups excluding carboxylic acids is 3. The van der Waals surface area contributed by atoms with E-state index in [0.717, 1.165) is 64.2 Å². The highest BCUT2D eigenvalue weighted by atomic mass is 16.6. The van der Waals surface area contributed by atoms with Gasteiger partial charge in [0.25, 0.3) is 0 Å². The molecule has 0 aliphatic heterocycles. The van der Waals surface area contributed by atoms with Crippen LogP contribution in [0.3, 0.4) is 0 Å². The predicted octanol–water partition coefficient (Wildman–Crippen LogP) is 15.2. The van der Waals surface area contributed by atoms with Crippen LogP contribution < -0.4 is 0 Å². The summed E-state index contributed by atoms with van der Waals surface area (Å²) in [7, 11) is 0. The van der Waals surface area contributed by atoms with Crippen molar-refractivity contribution in [2.24, 2.45) is 0 Å². The third-order valence-electron chi connectivity index (χ3n) is 10.4. The number of ether oxygens (including phenoxy) is 3. The van der Waals surface area contributed by atoms with Crippen molar-refractivity contribution in [3.63, 3.8) is 0 Å². The summed E-state index contributed by atoms with van der Waals surface area (Å²) in [6, 6.07) is 0. The summed E-state index contributed by atoms with van der Waals surface area (Å²) in [5.41, 5.74) is 0. The number of allylic oxidation sites excluding steroid dienone is 4. The van der Waals surface area contributed by atoms with Gasteiger partial charge in [-0.15, -0.1) is 0 Å². The molecule has 0 fully saturated rings. The Morgan fingerprint density at radius 1 is 0.345 bits per heavy atom. The van der Waals surface area contributed by atoms with E-state index in [-0.39, 0.29) is 31.1 Å². The van der Waals surface area contributed by atoms with Gasteiger partial charge in [0.2, 0.25) is 0 Å². The minimum Gasteiger partial charge on any atom is -0.462 e. The van der Waals surface area contributed by atoms with E-state index in [4.69, 9.17) is 14.2 Å². The summed E-state index contributed by atoms with van der Waals surface area (Å²) in [6.07, 6.45) is 48.8. The highest BCUT2D eigenvalue weighted by Gasteiger charge is 2.19. The number of carbonyl (C=O) groups is 3. The molecule has 0 aliphatic rings. The second-order valence-electron chi connectivity index (χ2n) is 16.0. The van der Waals surface area contributed by atoms with Crippen molar-refractivity contribution in [1.82, 2.24) is 0 Å². The van der Waals surface area contributed by atoms with Crippen LogP contribution in [0.5, 0.6) is 0 Å². The standard InChI is InChI=1S/C49H90O6/c1-4-7-10-13-16-18-20-22-23-24-25-27-28-30-33-36-39-42-48(51)54-45-46(44-53-47(50)41-38-35-32-15-12-9-6-3)55-49(52)43-40-37-34-31-29-26-21-19-17-14-11-8-5-2/h19,21-23,46H,4-18,20,24-45H2,1-3H3/b21-19-,23-22-. The van der Waals surface area contributed by atoms with Crippen LogP contribution in [0.15, 0.2) is 24.3 Å². The summed E-state index contributed by atoms with van der Waals surface area (Å²) in [4.78, 5) is 37.6. The molecule has 0 N–H and O–H groups in total. The zero-order valence-electron chi connectivity index (χ0n) is 36.7. The molecule has 1 atom stereocenters. The molecule has 0 aliphatic carbocycles. The lowest BCUT2D eigenvalue weighted by molar-refractivity contribution is -0.167. The fraction of sp³-hybridized carbons (Fsp3) is 0.857. The first kappa shape index (κ1) is 52.9. The van der Waals surface area contributed by atoms with Crippen molar-refractivity contribution >= 4 is 17.9 Å². The van der Waals surface area contributed by atoms with Crippen molar-refractivity contribution in [1.29, 1.82) is 0 Å². The average Bonchev–Trinajstić information content (AvgIpc) is 3.18. The maximum Gasteiger partial charge on any atom is 0.306 e. The predicted molar refractivity (Wildman–Crippen MR) is 233 cm³/mol. The minimum absolute atomic E-state index is 0.0740. The number of hydrogen-bond acceptors (Lipinski definition) is 6. The van der Waals surface area contributed by atoms with Crippen LogP contribution in [-0.4, -0.2) is 37.2 Å². The lowest BCUT2D eigenvalue weighted by atomic mass is 10.1. The van der Waals surface area contributed by atoms with Gasteiger partial charge < -0.3 is 14.2 Å². The van der Waals surface area contributed by atoms with E-state index in [0.29, 0.717) is 19.3 Å². The first-order chi connectivity index (χ1) is 27.0. The Morgan fingerprint density at radius 3 is 0.927 bits per heavy atom. The van der Waals surface area contributed by atoms with E-state index in [2.05, 4.69) is 45.1 Å². The first-order valence-electron chi connectivity index (χ1n) is 23.8. The van der Waals surface area contributed by atoms with Crippen molar-refractivity contribution in [3.05, 3.63) is 24.3 Å². The first-order valence-corrected chi connectivity index (χ1v) is 23.8. The molecule has 0 aromatic heterocycles. The van der Waals surface area contributed by atoms with E-state index in [9.17, 15) is 14.4 Å². The van der Waals surface area contributed by atoms with E-state index in [1.54, 1.807) is 0 Å². The highest BCUT2D eigenvalue weighted by Crippen LogP contribution is 2.14. The Kier molecular flexibility index (Phi) is 42.9. The quantitative estimate of drug-likeness (QED) is 0.0266. The monoisotopic (exact) mass is 775 g/mol. The zero-order valence-corrected chi connectivity index (χ0v) is 36.7. The van der Waals surface area contributed by atoms with E-state index in [1.165, 1.54) is 148 Å². The van der Waals surface area contributed by atoms with Gasteiger partial charge >= 0.3 is 17.9 Å². The second-order valence-corrected chi connectivity index (χ2v) is 16.0. The summed E-state index contributed by atoms with van der Waals surface area (Å²) in [5.74, 6) is -0.888. The lowest BCUT2D eigenvalue weighted by Gasteiger charge is -2.18. The molecule has 0 spiro atoms. The minimum atomic E-state index is -0.770. The number of esters is 3. The van der Waals surface area contributed by atoms with Crippen molar-refractivity contribution in [2.75, 3.05) is 13.2 Å². The average molecular weight is 775 g/mol. The molecule has 0 aromatic rings. The zero-order chi connectivity index (χ0) is 40.1. The fourth-order valence-corrected chi connectivity index (χ4v) is 6.78. The van der Waals surface area contributed by atoms with Crippen LogP contribution in [0, 0.1) is 0 Å². The molecule has 1 unspecified atom stereocenters. The largest absolute Gasteiger partial charge is 0.462 e. The maximum absolute atomic E-state index is 12.7. The molecule has 55 heavy (non-hydrogen) atoms. The maximum atomic E-state index is 12.7. The molecule has 6 heteroatoms. The van der Waals surface area contributed by atoms with Gasteiger partial charge in [-0.1, -0.05) is 186 Å². The third-order valence-corrected chi connectivity index (χ3v) is 10.4. The summed E-state index contributed by atoms with van der Waals surface area (Å²) < 4.78 is 16.7. The van der Waals surface area contributed by atoms with Gasteiger partial charge in [-0.25, -0.2) is 0 Å². The lowest BCUT2D eigenvalue weighted by Crippen LogP contribution is -2.30. The van der Waals surface area contributed by atoms with Gasteiger partial charge in [0.05, 0.1) is 0 Å². The SMILES string of the molecule is CCCCCC/C=C\CCCCCCCC(=O)OC(COC(=O)CCCCCCCCC)COC(=O)CCCCCCCCC/C=C\CCCCCCCC. The Labute approximate surface area is 341 Å². The molecule has 0 rings (SSSR count). The van der Waals surface area contributed by atoms with Gasteiger partial charge in [0.1, 0.15) is 13.2 Å². The molecular weight excluding hydrogens is 685 g/mol. The van der Waals surface area contributed by atoms with Crippen LogP contribution in [0.4, 0.5) is 0 Å². The van der Waals surface area contributed by atoms with Crippen LogP contribution in [-0.2, 0) is 28.6 Å². The Bertz CT molecular complexity index is 896. The topological polar surface area (TPSA) is 78.9 Å². The molecule has 0 radical (unpaired) electrons. The molecule has 0 aromatic carbocycles. The molecule has 0 amide bonds. The summed E-state index contributed by atoms with van der Waals surface area (Å²) >= 11 is 0. The Balaban J connectivity index is 4.27. The third kappa shape index (κ3) is 42.9. The van der Waals surface area contributed by atoms with Crippen LogP contribution in [0.25, 0.3) is 0 Å². The second kappa shape index (κ2) is 44.6. The fourth-order valence-electron chi connectivity index (χ4n) is 6.78. The molecule has 0 saturated carbocycles. The number of unbranched alkanes of at least 4 members (excludes halogenated alkanes) is 28. The summed E-state index contributed by atoms with van der Waals surface area (Å²) in [5, 5.41) is 0. The molecule has 0 saturated heterocycles. The van der Waals surface area contributed by atoms with E-state index < -0.39 is 6.10 Å². The van der Waals surface area contributed by atoms with Crippen molar-refractivity contribution < 1.29 is 28.6 Å². The van der Waals surface area contributed by atoms with E-state index in [1.807, 2.05) is 0 Å². The van der Waals surface area contributed by atoms with Crippen molar-refractivity contribution in [3.8, 4) is 0 Å². The van der Waals surface area contributed by atoms with Crippen LogP contribution >= 0.6 is 0 Å². The molecule has 0 heterocycles. The highest BCUT2D eigenvalue weighted by molar-refractivity contribution is 5.71. The molecule has 0 bridgehead atoms. The van der Waals surface area contributed by atoms with E-state index >= 15 is 0 Å². The van der Waals surface area contributed by atoms with Gasteiger partial charge in [-0.05, 0) is 70.6 Å². The van der Waals surface area contributed by atoms with Gasteiger partial charge in [-0.2, -0.15) is 0 Å². The van der Waals surface area contributed by atoms with Gasteiger partial charge in [-0.3, -0.25) is 14.4 Å². The number of hydrogen-bond donors (Lipinski definition) is 0. The van der Waals surface area contributed by atoms with Gasteiger partial charge in [0, 0.05) is 19.3 Å². The normalized spacial score (nSPS) is 12.1. The summed E-state index contributed by atoms with van der Waals surface area (Å²) in [6.45, 7) is 6.57. The van der Waals surface area contributed by atoms with Gasteiger partial charge in [0.15, 0.2) is 6.10 Å². The van der Waals surface area contributed by atoms with Crippen LogP contribution in [0.1, 0.15) is 252 Å². The number of rotatable bonds is 43. The molecule has 322 valence electrons. The molecular formula is C49H90O6. The Hall–Kier alpha value is -2.11. The van der Waals surface area contributed by atoms with Crippen molar-refractivity contribution in [2.45, 2.75) is 258 Å².